The van der Waals surface area contributed by atoms with Gasteiger partial charge in [0.05, 0.1) is 16.3 Å². The first kappa shape index (κ1) is 25.3. The molecular weight excluding hydrogens is 452 g/mol. The molecule has 0 bridgehead atoms. The minimum atomic E-state index is -4.09. The van der Waals surface area contributed by atoms with Crippen molar-refractivity contribution in [3.63, 3.8) is 0 Å². The molecule has 182 valence electrons. The van der Waals surface area contributed by atoms with Crippen LogP contribution in [0.1, 0.15) is 42.7 Å². The van der Waals surface area contributed by atoms with Crippen LogP contribution < -0.4 is 9.86 Å². The van der Waals surface area contributed by atoms with Gasteiger partial charge in [-0.2, -0.15) is 0 Å². The average Bonchev–Trinajstić information content (AvgIpc) is 3.06. The Morgan fingerprint density at radius 2 is 1.59 bits per heavy atom. The van der Waals surface area contributed by atoms with Crippen LogP contribution in [0.4, 0.5) is 5.69 Å². The third kappa shape index (κ3) is 4.65. The van der Waals surface area contributed by atoms with Crippen molar-refractivity contribution >= 4 is 21.6 Å². The monoisotopic (exact) mass is 484 g/mol. The molecule has 3 rings (SSSR count). The van der Waals surface area contributed by atoms with Crippen LogP contribution in [0.15, 0.2) is 64.3 Å². The minimum absolute atomic E-state index is 0.0392. The summed E-state index contributed by atoms with van der Waals surface area (Å²) in [6.07, 6.45) is 1.63. The van der Waals surface area contributed by atoms with Gasteiger partial charge in [-0.05, 0) is 50.1 Å². The van der Waals surface area contributed by atoms with Crippen LogP contribution in [0.2, 0.25) is 0 Å². The number of hydrogen-bond acceptors (Lipinski definition) is 4. The van der Waals surface area contributed by atoms with E-state index in [1.54, 1.807) is 47.8 Å². The van der Waals surface area contributed by atoms with Crippen molar-refractivity contribution in [2.75, 3.05) is 24.4 Å². The van der Waals surface area contributed by atoms with Gasteiger partial charge in [-0.3, -0.25) is 18.6 Å². The van der Waals surface area contributed by atoms with Crippen molar-refractivity contribution < 1.29 is 13.2 Å². The van der Waals surface area contributed by atoms with Crippen molar-refractivity contribution in [3.8, 4) is 5.69 Å². The molecule has 1 heterocycles. The third-order valence-electron chi connectivity index (χ3n) is 5.85. The lowest BCUT2D eigenvalue weighted by Gasteiger charge is -2.22. The van der Waals surface area contributed by atoms with Crippen LogP contribution in [0.3, 0.4) is 0 Å². The van der Waals surface area contributed by atoms with Crippen LogP contribution in [-0.4, -0.2) is 48.7 Å². The van der Waals surface area contributed by atoms with Gasteiger partial charge in [0.2, 0.25) is 0 Å². The number of nitrogens with zero attached hydrogens (tertiary/aromatic N) is 4. The lowest BCUT2D eigenvalue weighted by atomic mass is 10.2. The Bertz CT molecular complexity index is 1320. The van der Waals surface area contributed by atoms with Gasteiger partial charge in [0, 0.05) is 32.7 Å². The standard InChI is InChI=1S/C25H32N4O4S/c1-6-16-28(17-7-2)24(30)20-12-11-15-22(18-20)34(32,33)27(5)23-19(3)26(4)29(25(23)31)21-13-9-8-10-14-21/h8-15,18H,6-7,16-17H2,1-5H3. The van der Waals surface area contributed by atoms with Gasteiger partial charge in [-0.1, -0.05) is 38.1 Å². The van der Waals surface area contributed by atoms with Gasteiger partial charge in [0.1, 0.15) is 5.69 Å². The molecule has 0 saturated carbocycles. The largest absolute Gasteiger partial charge is 0.339 e. The van der Waals surface area contributed by atoms with E-state index in [-0.39, 0.29) is 16.5 Å². The Morgan fingerprint density at radius 3 is 2.18 bits per heavy atom. The number of amides is 1. The molecule has 3 aromatic rings. The molecule has 0 fully saturated rings. The fourth-order valence-corrected chi connectivity index (χ4v) is 5.32. The highest BCUT2D eigenvalue weighted by Gasteiger charge is 2.29. The Morgan fingerprint density at radius 1 is 0.971 bits per heavy atom. The highest BCUT2D eigenvalue weighted by atomic mass is 32.2. The number of carbonyl (C=O) groups is 1. The summed E-state index contributed by atoms with van der Waals surface area (Å²) in [7, 11) is -1.02. The molecule has 0 aliphatic heterocycles. The van der Waals surface area contributed by atoms with Gasteiger partial charge in [-0.25, -0.2) is 13.1 Å². The first-order valence-corrected chi connectivity index (χ1v) is 12.8. The SMILES string of the molecule is CCCN(CCC)C(=O)c1cccc(S(=O)(=O)N(C)c2c(C)n(C)n(-c3ccccc3)c2=O)c1. The smallest absolute Gasteiger partial charge is 0.296 e. The maximum Gasteiger partial charge on any atom is 0.296 e. The maximum atomic E-state index is 13.5. The van der Waals surface area contributed by atoms with Crippen molar-refractivity contribution in [1.82, 2.24) is 14.3 Å². The number of aromatic nitrogens is 2. The highest BCUT2D eigenvalue weighted by molar-refractivity contribution is 7.92. The first-order chi connectivity index (χ1) is 16.1. The quantitative estimate of drug-likeness (QED) is 0.465. The number of rotatable bonds is 9. The molecule has 8 nitrogen and oxygen atoms in total. The zero-order valence-corrected chi connectivity index (χ0v) is 21.2. The molecule has 0 spiro atoms. The third-order valence-corrected chi connectivity index (χ3v) is 7.61. The number of carbonyl (C=O) groups excluding carboxylic acids is 1. The molecule has 0 radical (unpaired) electrons. The summed E-state index contributed by atoms with van der Waals surface area (Å²) in [6, 6.07) is 15.1. The summed E-state index contributed by atoms with van der Waals surface area (Å²) in [5.41, 5.74) is 1.06. The molecule has 34 heavy (non-hydrogen) atoms. The summed E-state index contributed by atoms with van der Waals surface area (Å²) < 4.78 is 31.1. The number of benzene rings is 2. The molecule has 9 heteroatoms. The maximum absolute atomic E-state index is 13.5. The molecule has 0 saturated heterocycles. The van der Waals surface area contributed by atoms with Gasteiger partial charge in [0.15, 0.2) is 0 Å². The summed E-state index contributed by atoms with van der Waals surface area (Å²) in [6.45, 7) is 6.90. The fraction of sp³-hybridized carbons (Fsp3) is 0.360. The van der Waals surface area contributed by atoms with E-state index in [0.29, 0.717) is 30.0 Å². The number of hydrogen-bond donors (Lipinski definition) is 0. The molecule has 1 amide bonds. The molecular formula is C25H32N4O4S. The van der Waals surface area contributed by atoms with E-state index in [0.717, 1.165) is 17.1 Å². The normalized spacial score (nSPS) is 11.4. The summed E-state index contributed by atoms with van der Waals surface area (Å²) in [4.78, 5) is 28.0. The zero-order chi connectivity index (χ0) is 25.0. The predicted molar refractivity (Wildman–Crippen MR) is 134 cm³/mol. The molecule has 0 N–H and O–H groups in total. The molecule has 0 unspecified atom stereocenters. The Kier molecular flexibility index (Phi) is 7.66. The molecule has 0 aliphatic rings. The second kappa shape index (κ2) is 10.3. The van der Waals surface area contributed by atoms with Crippen molar-refractivity contribution in [2.45, 2.75) is 38.5 Å². The van der Waals surface area contributed by atoms with E-state index in [4.69, 9.17) is 0 Å². The summed E-state index contributed by atoms with van der Waals surface area (Å²) in [5, 5.41) is 0. The van der Waals surface area contributed by atoms with Crippen molar-refractivity contribution in [2.24, 2.45) is 7.05 Å². The van der Waals surface area contributed by atoms with E-state index >= 15 is 0 Å². The summed E-state index contributed by atoms with van der Waals surface area (Å²) in [5.74, 6) is -0.203. The minimum Gasteiger partial charge on any atom is -0.339 e. The molecule has 2 aromatic carbocycles. The second-order valence-corrected chi connectivity index (χ2v) is 10.2. The Labute approximate surface area is 201 Å². The van der Waals surface area contributed by atoms with E-state index in [2.05, 4.69) is 0 Å². The van der Waals surface area contributed by atoms with Crippen LogP contribution in [0.25, 0.3) is 5.69 Å². The average molecular weight is 485 g/mol. The van der Waals surface area contributed by atoms with Crippen LogP contribution in [-0.2, 0) is 17.1 Å². The molecule has 0 atom stereocenters. The van der Waals surface area contributed by atoms with E-state index in [1.165, 1.54) is 23.9 Å². The first-order valence-electron chi connectivity index (χ1n) is 11.4. The van der Waals surface area contributed by atoms with E-state index in [9.17, 15) is 18.0 Å². The van der Waals surface area contributed by atoms with Crippen LogP contribution >= 0.6 is 0 Å². The highest BCUT2D eigenvalue weighted by Crippen LogP contribution is 2.24. The number of anilines is 1. The summed E-state index contributed by atoms with van der Waals surface area (Å²) >= 11 is 0. The van der Waals surface area contributed by atoms with Crippen LogP contribution in [0, 0.1) is 6.92 Å². The number of para-hydroxylation sites is 1. The van der Waals surface area contributed by atoms with Crippen LogP contribution in [0.5, 0.6) is 0 Å². The zero-order valence-electron chi connectivity index (χ0n) is 20.4. The number of sulfonamides is 1. The van der Waals surface area contributed by atoms with E-state index in [1.807, 2.05) is 32.0 Å². The van der Waals surface area contributed by atoms with Crippen molar-refractivity contribution in [1.29, 1.82) is 0 Å². The topological polar surface area (TPSA) is 84.6 Å². The van der Waals surface area contributed by atoms with Crippen molar-refractivity contribution in [3.05, 3.63) is 76.2 Å². The van der Waals surface area contributed by atoms with Gasteiger partial charge in [0.25, 0.3) is 21.5 Å². The second-order valence-electron chi connectivity index (χ2n) is 8.20. The van der Waals surface area contributed by atoms with E-state index < -0.39 is 15.6 Å². The lowest BCUT2D eigenvalue weighted by Crippen LogP contribution is -2.33. The predicted octanol–water partition coefficient (Wildman–Crippen LogP) is 3.57. The molecule has 1 aromatic heterocycles. The fourth-order valence-electron chi connectivity index (χ4n) is 4.02. The van der Waals surface area contributed by atoms with Gasteiger partial charge in [-0.15, -0.1) is 0 Å². The Balaban J connectivity index is 2.03. The molecule has 0 aliphatic carbocycles. The van der Waals surface area contributed by atoms with Gasteiger partial charge < -0.3 is 4.90 Å². The van der Waals surface area contributed by atoms with Gasteiger partial charge >= 0.3 is 0 Å². The lowest BCUT2D eigenvalue weighted by molar-refractivity contribution is 0.0755. The Hall–Kier alpha value is -3.33.